The van der Waals surface area contributed by atoms with E-state index in [9.17, 15) is 9.00 Å². The molecule has 0 spiro atoms. The Morgan fingerprint density at radius 2 is 2.30 bits per heavy atom. The molecule has 1 aliphatic rings. The van der Waals surface area contributed by atoms with Crippen molar-refractivity contribution in [3.05, 3.63) is 35.1 Å². The maximum Gasteiger partial charge on any atom is 0.357 e. The Kier molecular flexibility index (Phi) is 4.63. The van der Waals surface area contributed by atoms with E-state index in [0.717, 1.165) is 0 Å². The molecule has 1 aliphatic heterocycles. The molecule has 0 bridgehead atoms. The highest BCUT2D eigenvalue weighted by atomic mass is 35.5. The van der Waals surface area contributed by atoms with Crippen molar-refractivity contribution in [1.29, 1.82) is 0 Å². The molecule has 2 aromatic heterocycles. The molecule has 0 aliphatic carbocycles. The number of rotatable bonds is 5. The highest BCUT2D eigenvalue weighted by molar-refractivity contribution is 7.86. The molecule has 3 rings (SSSR count). The highest BCUT2D eigenvalue weighted by Gasteiger charge is 2.29. The molecular weight excluding hydrogens is 342 g/mol. The zero-order valence-electron chi connectivity index (χ0n) is 12.3. The zero-order valence-corrected chi connectivity index (χ0v) is 13.8. The number of aromatic nitrogens is 3. The number of esters is 1. The van der Waals surface area contributed by atoms with Gasteiger partial charge in [-0.25, -0.2) is 14.5 Å². The number of pyridine rings is 1. The fraction of sp³-hybridized carbons (Fsp3) is 0.357. The summed E-state index contributed by atoms with van der Waals surface area (Å²) in [6.07, 6.45) is 1.39. The Morgan fingerprint density at radius 3 is 2.96 bits per heavy atom. The van der Waals surface area contributed by atoms with Crippen molar-refractivity contribution >= 4 is 28.4 Å². The van der Waals surface area contributed by atoms with Crippen LogP contribution in [0, 0.1) is 0 Å². The van der Waals surface area contributed by atoms with Crippen molar-refractivity contribution in [2.75, 3.05) is 18.1 Å². The number of carbonyl (C=O) groups excluding carboxylic acids is 1. The van der Waals surface area contributed by atoms with Crippen molar-refractivity contribution in [2.45, 2.75) is 13.0 Å². The predicted molar refractivity (Wildman–Crippen MR) is 84.6 cm³/mol. The maximum absolute atomic E-state index is 12.1. The van der Waals surface area contributed by atoms with Crippen LogP contribution in [0.2, 0.25) is 5.02 Å². The molecule has 9 heteroatoms. The minimum Gasteiger partial charge on any atom is -0.471 e. The van der Waals surface area contributed by atoms with Crippen LogP contribution in [0.3, 0.4) is 0 Å². The summed E-state index contributed by atoms with van der Waals surface area (Å²) in [5.74, 6) is 0.937. The third-order valence-electron chi connectivity index (χ3n) is 3.14. The Labute approximate surface area is 140 Å². The van der Waals surface area contributed by atoms with E-state index >= 15 is 0 Å². The van der Waals surface area contributed by atoms with Crippen LogP contribution < -0.4 is 4.74 Å². The van der Waals surface area contributed by atoms with Crippen LogP contribution in [0.5, 0.6) is 5.88 Å². The van der Waals surface area contributed by atoms with Gasteiger partial charge in [-0.1, -0.05) is 11.6 Å². The maximum atomic E-state index is 12.1. The topological polar surface area (TPSA) is 83.3 Å². The van der Waals surface area contributed by atoms with E-state index in [2.05, 4.69) is 10.1 Å². The van der Waals surface area contributed by atoms with Crippen molar-refractivity contribution < 1.29 is 18.5 Å². The second kappa shape index (κ2) is 6.67. The van der Waals surface area contributed by atoms with E-state index in [-0.39, 0.29) is 24.3 Å². The molecule has 0 saturated carbocycles. The van der Waals surface area contributed by atoms with E-state index < -0.39 is 16.8 Å². The Morgan fingerprint density at radius 1 is 1.52 bits per heavy atom. The quantitative estimate of drug-likeness (QED) is 0.758. The first kappa shape index (κ1) is 15.9. The lowest BCUT2D eigenvalue weighted by atomic mass is 10.4. The summed E-state index contributed by atoms with van der Waals surface area (Å²) in [4.78, 5) is 16.3. The molecular formula is C14H14ClN3O4S. The SMILES string of the molecule is CCOC(=O)c1cc(OC2CS(=O)C2)nn1-c1ncccc1Cl. The Balaban J connectivity index is 1.95. The number of halogens is 1. The summed E-state index contributed by atoms with van der Waals surface area (Å²) >= 11 is 6.13. The average Bonchev–Trinajstić information content (AvgIpc) is 2.90. The normalized spacial score (nSPS) is 19.9. The van der Waals surface area contributed by atoms with Gasteiger partial charge in [-0.05, 0) is 19.1 Å². The molecule has 7 nitrogen and oxygen atoms in total. The van der Waals surface area contributed by atoms with Gasteiger partial charge in [0.15, 0.2) is 11.5 Å². The van der Waals surface area contributed by atoms with Crippen molar-refractivity contribution in [3.63, 3.8) is 0 Å². The Hall–Kier alpha value is -1.93. The van der Waals surface area contributed by atoms with Crippen LogP contribution in [-0.4, -0.2) is 49.2 Å². The minimum absolute atomic E-state index is 0.159. The molecule has 0 radical (unpaired) electrons. The molecule has 0 aromatic carbocycles. The number of hydrogen-bond acceptors (Lipinski definition) is 6. The monoisotopic (exact) mass is 355 g/mol. The molecule has 3 heterocycles. The summed E-state index contributed by atoms with van der Waals surface area (Å²) < 4.78 is 23.1. The van der Waals surface area contributed by atoms with Gasteiger partial charge in [0.25, 0.3) is 0 Å². The lowest BCUT2D eigenvalue weighted by Gasteiger charge is -2.24. The second-order valence-corrected chi connectivity index (χ2v) is 6.78. The first-order valence-corrected chi connectivity index (χ1v) is 8.84. The summed E-state index contributed by atoms with van der Waals surface area (Å²) in [6.45, 7) is 1.95. The number of ether oxygens (including phenoxy) is 2. The van der Waals surface area contributed by atoms with Crippen molar-refractivity contribution in [1.82, 2.24) is 14.8 Å². The molecule has 1 fully saturated rings. The first-order valence-electron chi connectivity index (χ1n) is 6.98. The van der Waals surface area contributed by atoms with Crippen LogP contribution in [0.1, 0.15) is 17.4 Å². The summed E-state index contributed by atoms with van der Waals surface area (Å²) in [5, 5.41) is 4.58. The summed E-state index contributed by atoms with van der Waals surface area (Å²) in [5.41, 5.74) is 0.169. The van der Waals surface area contributed by atoms with Gasteiger partial charge < -0.3 is 9.47 Å². The van der Waals surface area contributed by atoms with Crippen LogP contribution in [0.15, 0.2) is 24.4 Å². The number of hydrogen-bond donors (Lipinski definition) is 0. The summed E-state index contributed by atoms with van der Waals surface area (Å²) in [7, 11) is -0.830. The van der Waals surface area contributed by atoms with Gasteiger partial charge >= 0.3 is 5.97 Å². The van der Waals surface area contributed by atoms with E-state index in [0.29, 0.717) is 22.3 Å². The van der Waals surface area contributed by atoms with Crippen LogP contribution in [-0.2, 0) is 15.5 Å². The number of carbonyl (C=O) groups is 1. The number of nitrogens with zero attached hydrogens (tertiary/aromatic N) is 3. The lowest BCUT2D eigenvalue weighted by molar-refractivity contribution is 0.0515. The van der Waals surface area contributed by atoms with Gasteiger partial charge in [0, 0.05) is 23.1 Å². The van der Waals surface area contributed by atoms with Gasteiger partial charge in [0.2, 0.25) is 5.88 Å². The van der Waals surface area contributed by atoms with Crippen LogP contribution in [0.25, 0.3) is 5.82 Å². The second-order valence-electron chi connectivity index (χ2n) is 4.82. The van der Waals surface area contributed by atoms with Crippen LogP contribution in [0.4, 0.5) is 0 Å². The van der Waals surface area contributed by atoms with Crippen LogP contribution >= 0.6 is 11.6 Å². The van der Waals surface area contributed by atoms with Gasteiger partial charge in [-0.15, -0.1) is 5.10 Å². The van der Waals surface area contributed by atoms with E-state index in [1.807, 2.05) is 0 Å². The minimum atomic E-state index is -0.830. The Bertz CT molecular complexity index is 756. The molecule has 23 heavy (non-hydrogen) atoms. The van der Waals surface area contributed by atoms with Gasteiger partial charge in [0.1, 0.15) is 6.10 Å². The van der Waals surface area contributed by atoms with Gasteiger partial charge in [0.05, 0.1) is 23.1 Å². The zero-order chi connectivity index (χ0) is 16.4. The van der Waals surface area contributed by atoms with Gasteiger partial charge in [-0.2, -0.15) is 0 Å². The van der Waals surface area contributed by atoms with E-state index in [1.54, 1.807) is 25.3 Å². The molecule has 0 amide bonds. The molecule has 122 valence electrons. The summed E-state index contributed by atoms with van der Waals surface area (Å²) in [6, 6.07) is 4.81. The van der Waals surface area contributed by atoms with E-state index in [1.165, 1.54) is 10.7 Å². The molecule has 0 unspecified atom stereocenters. The highest BCUT2D eigenvalue weighted by Crippen LogP contribution is 2.24. The smallest absolute Gasteiger partial charge is 0.357 e. The first-order chi connectivity index (χ1) is 11.1. The molecule has 1 saturated heterocycles. The van der Waals surface area contributed by atoms with Crippen molar-refractivity contribution in [3.8, 4) is 11.7 Å². The largest absolute Gasteiger partial charge is 0.471 e. The fourth-order valence-corrected chi connectivity index (χ4v) is 3.14. The molecule has 0 atom stereocenters. The fourth-order valence-electron chi connectivity index (χ4n) is 2.07. The molecule has 2 aromatic rings. The predicted octanol–water partition coefficient (Wildman–Crippen LogP) is 1.61. The lowest BCUT2D eigenvalue weighted by Crippen LogP contribution is -2.41. The third-order valence-corrected chi connectivity index (χ3v) is 4.92. The van der Waals surface area contributed by atoms with Crippen molar-refractivity contribution in [2.24, 2.45) is 0 Å². The standard InChI is InChI=1S/C14H14ClN3O4S/c1-2-21-14(19)11-6-12(22-9-7-23(20)8-9)17-18(11)13-10(15)4-3-5-16-13/h3-6,9H,2,7-8H2,1H3. The van der Waals surface area contributed by atoms with Gasteiger partial charge in [-0.3, -0.25) is 4.21 Å². The molecule has 0 N–H and O–H groups in total. The third kappa shape index (κ3) is 3.37. The average molecular weight is 356 g/mol. The van der Waals surface area contributed by atoms with E-state index in [4.69, 9.17) is 21.1 Å².